The largest absolute Gasteiger partial charge is 0.481 e. The molecule has 2 rings (SSSR count). The zero-order valence-electron chi connectivity index (χ0n) is 9.65. The second kappa shape index (κ2) is 4.99. The van der Waals surface area contributed by atoms with E-state index in [9.17, 15) is 14.9 Å². The molecule has 7 nitrogen and oxygen atoms in total. The Hall–Kier alpha value is -2.18. The first kappa shape index (κ1) is 12.3. The summed E-state index contributed by atoms with van der Waals surface area (Å²) in [6.07, 6.45) is 3.26. The fourth-order valence-corrected chi connectivity index (χ4v) is 1.74. The van der Waals surface area contributed by atoms with Crippen LogP contribution in [-0.4, -0.2) is 33.6 Å². The van der Waals surface area contributed by atoms with Gasteiger partial charge in [0, 0.05) is 18.7 Å². The predicted molar refractivity (Wildman–Crippen MR) is 63.5 cm³/mol. The van der Waals surface area contributed by atoms with E-state index in [4.69, 9.17) is 5.11 Å². The number of hydrogen-bond donors (Lipinski definition) is 1. The van der Waals surface area contributed by atoms with E-state index in [0.717, 1.165) is 12.8 Å². The molecule has 96 valence electrons. The SMILES string of the molecule is O=C(O)CCN(c1ccc([N+](=O)[O-])cn1)C1CC1. The van der Waals surface area contributed by atoms with E-state index in [1.807, 2.05) is 4.90 Å². The smallest absolute Gasteiger partial charge is 0.305 e. The molecule has 0 unspecified atom stereocenters. The Balaban J connectivity index is 2.10. The van der Waals surface area contributed by atoms with Gasteiger partial charge in [-0.25, -0.2) is 4.98 Å². The maximum absolute atomic E-state index is 10.6. The molecule has 0 atom stereocenters. The number of nitrogens with zero attached hydrogens (tertiary/aromatic N) is 3. The van der Waals surface area contributed by atoms with Crippen molar-refractivity contribution in [1.82, 2.24) is 4.98 Å². The van der Waals surface area contributed by atoms with Crippen molar-refractivity contribution in [2.45, 2.75) is 25.3 Å². The fraction of sp³-hybridized carbons (Fsp3) is 0.455. The van der Waals surface area contributed by atoms with E-state index in [1.54, 1.807) is 6.07 Å². The zero-order valence-corrected chi connectivity index (χ0v) is 9.65. The third kappa shape index (κ3) is 2.93. The normalized spacial score (nSPS) is 14.2. The van der Waals surface area contributed by atoms with Gasteiger partial charge in [0.15, 0.2) is 0 Å². The first-order valence-electron chi connectivity index (χ1n) is 5.67. The Labute approximate surface area is 103 Å². The molecule has 18 heavy (non-hydrogen) atoms. The van der Waals surface area contributed by atoms with Crippen LogP contribution in [0, 0.1) is 10.1 Å². The lowest BCUT2D eigenvalue weighted by Gasteiger charge is -2.22. The van der Waals surface area contributed by atoms with E-state index in [1.165, 1.54) is 12.3 Å². The van der Waals surface area contributed by atoms with Gasteiger partial charge >= 0.3 is 5.97 Å². The molecule has 0 saturated heterocycles. The van der Waals surface area contributed by atoms with E-state index in [0.29, 0.717) is 18.4 Å². The van der Waals surface area contributed by atoms with Crippen molar-refractivity contribution in [2.24, 2.45) is 0 Å². The monoisotopic (exact) mass is 251 g/mol. The number of hydrogen-bond acceptors (Lipinski definition) is 5. The minimum Gasteiger partial charge on any atom is -0.481 e. The van der Waals surface area contributed by atoms with E-state index >= 15 is 0 Å². The maximum atomic E-state index is 10.6. The molecule has 1 heterocycles. The van der Waals surface area contributed by atoms with Crippen molar-refractivity contribution in [3.8, 4) is 0 Å². The molecule has 1 N–H and O–H groups in total. The van der Waals surface area contributed by atoms with Gasteiger partial charge in [-0.05, 0) is 18.9 Å². The number of carbonyl (C=O) groups is 1. The molecule has 0 radical (unpaired) electrons. The molecule has 1 aromatic rings. The highest BCUT2D eigenvalue weighted by Gasteiger charge is 2.30. The van der Waals surface area contributed by atoms with Crippen molar-refractivity contribution >= 4 is 17.5 Å². The summed E-state index contributed by atoms with van der Waals surface area (Å²) in [6, 6.07) is 3.27. The summed E-state index contributed by atoms with van der Waals surface area (Å²) in [7, 11) is 0. The third-order valence-electron chi connectivity index (χ3n) is 2.79. The highest BCUT2D eigenvalue weighted by molar-refractivity contribution is 5.67. The van der Waals surface area contributed by atoms with Crippen molar-refractivity contribution in [3.63, 3.8) is 0 Å². The minimum absolute atomic E-state index is 0.0369. The number of pyridine rings is 1. The summed E-state index contributed by atoms with van der Waals surface area (Å²) < 4.78 is 0. The number of carboxylic acid groups (broad SMARTS) is 1. The summed E-state index contributed by atoms with van der Waals surface area (Å²) in [4.78, 5) is 26.5. The van der Waals surface area contributed by atoms with Gasteiger partial charge in [0.05, 0.1) is 11.3 Å². The van der Waals surface area contributed by atoms with Gasteiger partial charge in [0.1, 0.15) is 12.0 Å². The number of rotatable bonds is 6. The molecule has 0 amide bonds. The predicted octanol–water partition coefficient (Wildman–Crippen LogP) is 1.43. The van der Waals surface area contributed by atoms with Crippen molar-refractivity contribution in [1.29, 1.82) is 0 Å². The van der Waals surface area contributed by atoms with Crippen molar-refractivity contribution < 1.29 is 14.8 Å². The number of carboxylic acids is 1. The number of anilines is 1. The summed E-state index contributed by atoms with van der Waals surface area (Å²) in [5.41, 5.74) is -0.0623. The molecule has 1 fully saturated rings. The van der Waals surface area contributed by atoms with Crippen molar-refractivity contribution in [3.05, 3.63) is 28.4 Å². The molecule has 0 spiro atoms. The van der Waals surface area contributed by atoms with Gasteiger partial charge in [-0.15, -0.1) is 0 Å². The Bertz CT molecular complexity index is 456. The quantitative estimate of drug-likeness (QED) is 0.606. The van der Waals surface area contributed by atoms with Crippen LogP contribution in [0.4, 0.5) is 11.5 Å². The van der Waals surface area contributed by atoms with Crippen LogP contribution < -0.4 is 4.90 Å². The molecule has 1 aromatic heterocycles. The Morgan fingerprint density at radius 1 is 1.56 bits per heavy atom. The number of nitro groups is 1. The van der Waals surface area contributed by atoms with Crippen LogP contribution in [0.15, 0.2) is 18.3 Å². The average Bonchev–Trinajstić information content (AvgIpc) is 3.14. The standard InChI is InChI=1S/C11H13N3O4/c15-11(16)5-6-13(8-1-2-8)10-4-3-9(7-12-10)14(17)18/h3-4,7-8H,1-2,5-6H2,(H,15,16). The van der Waals surface area contributed by atoms with Crippen LogP contribution in [0.3, 0.4) is 0 Å². The van der Waals surface area contributed by atoms with Crippen LogP contribution in [-0.2, 0) is 4.79 Å². The molecule has 7 heteroatoms. The molecule has 1 aliphatic carbocycles. The first-order chi connectivity index (χ1) is 8.58. The van der Waals surface area contributed by atoms with Crippen LogP contribution in [0.1, 0.15) is 19.3 Å². The van der Waals surface area contributed by atoms with Gasteiger partial charge in [-0.1, -0.05) is 0 Å². The second-order valence-electron chi connectivity index (χ2n) is 4.20. The third-order valence-corrected chi connectivity index (χ3v) is 2.79. The Kier molecular flexibility index (Phi) is 3.40. The van der Waals surface area contributed by atoms with Crippen LogP contribution >= 0.6 is 0 Å². The van der Waals surface area contributed by atoms with Gasteiger partial charge < -0.3 is 10.0 Å². The Morgan fingerprint density at radius 3 is 2.72 bits per heavy atom. The summed E-state index contributed by atoms with van der Waals surface area (Å²) in [5, 5.41) is 19.2. The fourth-order valence-electron chi connectivity index (χ4n) is 1.74. The van der Waals surface area contributed by atoms with Gasteiger partial charge in [0.2, 0.25) is 0 Å². The average molecular weight is 251 g/mol. The first-order valence-corrected chi connectivity index (χ1v) is 5.67. The van der Waals surface area contributed by atoms with E-state index < -0.39 is 10.9 Å². The minimum atomic E-state index is -0.859. The Morgan fingerprint density at radius 2 is 2.28 bits per heavy atom. The van der Waals surface area contributed by atoms with Gasteiger partial charge in [-0.2, -0.15) is 0 Å². The van der Waals surface area contributed by atoms with Crippen LogP contribution in [0.5, 0.6) is 0 Å². The van der Waals surface area contributed by atoms with Gasteiger partial charge in [0.25, 0.3) is 5.69 Å². The highest BCUT2D eigenvalue weighted by Crippen LogP contribution is 2.31. The van der Waals surface area contributed by atoms with Crippen molar-refractivity contribution in [2.75, 3.05) is 11.4 Å². The topological polar surface area (TPSA) is 96.6 Å². The van der Waals surface area contributed by atoms with Crippen LogP contribution in [0.2, 0.25) is 0 Å². The second-order valence-corrected chi connectivity index (χ2v) is 4.20. The summed E-state index contributed by atoms with van der Waals surface area (Å²) in [5.74, 6) is -0.257. The number of aliphatic carboxylic acids is 1. The molecule has 0 aromatic carbocycles. The molecular weight excluding hydrogens is 238 g/mol. The molecule has 0 aliphatic heterocycles. The molecule has 1 saturated carbocycles. The summed E-state index contributed by atoms with van der Waals surface area (Å²) in [6.45, 7) is 0.380. The highest BCUT2D eigenvalue weighted by atomic mass is 16.6. The van der Waals surface area contributed by atoms with Crippen LogP contribution in [0.25, 0.3) is 0 Å². The lowest BCUT2D eigenvalue weighted by molar-refractivity contribution is -0.385. The van der Waals surface area contributed by atoms with Gasteiger partial charge in [-0.3, -0.25) is 14.9 Å². The lowest BCUT2D eigenvalue weighted by atomic mass is 10.3. The maximum Gasteiger partial charge on any atom is 0.305 e. The van der Waals surface area contributed by atoms with E-state index in [2.05, 4.69) is 4.98 Å². The molecular formula is C11H13N3O4. The number of aromatic nitrogens is 1. The zero-order chi connectivity index (χ0) is 13.1. The lowest BCUT2D eigenvalue weighted by Crippen LogP contribution is -2.29. The summed E-state index contributed by atoms with van der Waals surface area (Å²) >= 11 is 0. The van der Waals surface area contributed by atoms with E-state index in [-0.39, 0.29) is 12.1 Å². The molecule has 1 aliphatic rings. The molecule has 0 bridgehead atoms.